The fourth-order valence-corrected chi connectivity index (χ4v) is 12.5. The number of hydrogen-bond acceptors (Lipinski definition) is 4. The second-order valence-electron chi connectivity index (χ2n) is 19.4. The highest BCUT2D eigenvalue weighted by Crippen LogP contribution is 2.56. The molecule has 0 bridgehead atoms. The molecule has 10 heteroatoms. The lowest BCUT2D eigenvalue weighted by molar-refractivity contribution is -0.138. The molecule has 9 rings (SSSR count). The lowest BCUT2D eigenvalue weighted by Gasteiger charge is -2.33. The molecule has 0 unspecified atom stereocenters. The zero-order chi connectivity index (χ0) is 49.9. The van der Waals surface area contributed by atoms with Crippen LogP contribution in [0, 0.1) is 13.8 Å². The Morgan fingerprint density at radius 3 is 1.34 bits per heavy atom. The Kier molecular flexibility index (Phi) is 15.1. The largest absolute Gasteiger partial charge is 0.416 e. The lowest BCUT2D eigenvalue weighted by Crippen LogP contribution is -2.25. The van der Waals surface area contributed by atoms with Gasteiger partial charge in [-0.25, -0.2) is 9.97 Å². The number of rotatable bonds is 19. The molecule has 0 spiro atoms. The van der Waals surface area contributed by atoms with Crippen LogP contribution in [0.4, 0.5) is 26.3 Å². The van der Waals surface area contributed by atoms with Crippen molar-refractivity contribution in [3.63, 3.8) is 0 Å². The van der Waals surface area contributed by atoms with Crippen LogP contribution in [-0.4, -0.2) is 9.97 Å². The average molecular weight is 999 g/mol. The van der Waals surface area contributed by atoms with E-state index in [1.165, 1.54) is 129 Å². The minimum absolute atomic E-state index is 0.0798. The Labute approximate surface area is 422 Å². The summed E-state index contributed by atoms with van der Waals surface area (Å²) >= 11 is 3.26. The molecule has 8 aromatic rings. The van der Waals surface area contributed by atoms with E-state index in [-0.39, 0.29) is 16.8 Å². The topological polar surface area (TPSA) is 25.8 Å². The molecule has 0 amide bonds. The Morgan fingerprint density at radius 1 is 0.423 bits per heavy atom. The minimum atomic E-state index is -4.56. The number of benzene rings is 5. The molecule has 0 saturated carbocycles. The normalized spacial score (nSPS) is 13.3. The monoisotopic (exact) mass is 998 g/mol. The number of hydrogen-bond donors (Lipinski definition) is 0. The summed E-state index contributed by atoms with van der Waals surface area (Å²) in [7, 11) is 0. The summed E-state index contributed by atoms with van der Waals surface area (Å²) in [5, 5.41) is 0. The Morgan fingerprint density at radius 2 is 0.845 bits per heavy atom. The van der Waals surface area contributed by atoms with Crippen molar-refractivity contribution >= 4 is 33.7 Å². The van der Waals surface area contributed by atoms with Crippen LogP contribution >= 0.6 is 22.7 Å². The van der Waals surface area contributed by atoms with Gasteiger partial charge in [-0.15, -0.1) is 22.7 Å². The molecule has 2 nitrogen and oxygen atoms in total. The maximum Gasteiger partial charge on any atom is 0.416 e. The summed E-state index contributed by atoms with van der Waals surface area (Å²) in [5.74, 6) is 0. The van der Waals surface area contributed by atoms with Crippen molar-refractivity contribution in [2.45, 2.75) is 135 Å². The van der Waals surface area contributed by atoms with E-state index < -0.39 is 23.5 Å². The van der Waals surface area contributed by atoms with E-state index in [1.807, 2.05) is 31.2 Å². The average Bonchev–Trinajstić information content (AvgIpc) is 4.09. The molecule has 5 aromatic carbocycles. The van der Waals surface area contributed by atoms with Crippen molar-refractivity contribution in [1.29, 1.82) is 0 Å². The van der Waals surface area contributed by atoms with Crippen molar-refractivity contribution in [3.05, 3.63) is 154 Å². The number of nitrogens with zero attached hydrogens (tertiary/aromatic N) is 2. The SMILES string of the molecule is CCCCCCCCC1(CCCCCCCC)c2cc(C)ccc2-c2ccc(-c3ccc(-c4ccc(-c5ccc(C)s5)c5nc(-c6ccc(C(F)(F)F)cc6)c(-c6ccc(C(F)(F)F)cc6)nc45)s3)cc21. The van der Waals surface area contributed by atoms with Crippen LogP contribution in [0.3, 0.4) is 0 Å². The smallest absolute Gasteiger partial charge is 0.243 e. The first-order valence-electron chi connectivity index (χ1n) is 25.3. The Hall–Kier alpha value is -5.58. The zero-order valence-electron chi connectivity index (χ0n) is 40.9. The fraction of sp³-hybridized carbons (Fsp3) is 0.344. The first kappa shape index (κ1) is 50.4. The summed E-state index contributed by atoms with van der Waals surface area (Å²) in [4.78, 5) is 14.6. The van der Waals surface area contributed by atoms with E-state index in [0.717, 1.165) is 73.3 Å². The van der Waals surface area contributed by atoms with Gasteiger partial charge in [0.05, 0.1) is 33.5 Å². The van der Waals surface area contributed by atoms with Gasteiger partial charge in [-0.3, -0.25) is 0 Å². The summed E-state index contributed by atoms with van der Waals surface area (Å²) in [6.07, 6.45) is 8.08. The number of aromatic nitrogens is 2. The van der Waals surface area contributed by atoms with Crippen molar-refractivity contribution < 1.29 is 26.3 Å². The summed E-state index contributed by atoms with van der Waals surface area (Å²) in [6.45, 7) is 8.77. The van der Waals surface area contributed by atoms with Crippen molar-refractivity contribution in [1.82, 2.24) is 9.97 Å². The molecule has 71 heavy (non-hydrogen) atoms. The second-order valence-corrected chi connectivity index (χ2v) is 21.8. The van der Waals surface area contributed by atoms with Crippen molar-refractivity contribution in [2.75, 3.05) is 0 Å². The maximum atomic E-state index is 13.8. The predicted molar refractivity (Wildman–Crippen MR) is 284 cm³/mol. The fourth-order valence-electron chi connectivity index (χ4n) is 10.6. The zero-order valence-corrected chi connectivity index (χ0v) is 42.6. The highest BCUT2D eigenvalue weighted by atomic mass is 32.1. The third-order valence-corrected chi connectivity index (χ3v) is 16.6. The van der Waals surface area contributed by atoms with Gasteiger partial charge in [0.15, 0.2) is 0 Å². The number of thiophene rings is 2. The van der Waals surface area contributed by atoms with E-state index >= 15 is 0 Å². The molecule has 3 heterocycles. The van der Waals surface area contributed by atoms with E-state index in [2.05, 4.69) is 69.3 Å². The molecule has 0 atom stereocenters. The predicted octanol–water partition coefficient (Wildman–Crippen LogP) is 20.5. The van der Waals surface area contributed by atoms with Gasteiger partial charge in [0.1, 0.15) is 0 Å². The Balaban J connectivity index is 1.16. The van der Waals surface area contributed by atoms with Crippen LogP contribution < -0.4 is 0 Å². The van der Waals surface area contributed by atoms with Gasteiger partial charge < -0.3 is 0 Å². The molecule has 0 saturated heterocycles. The van der Waals surface area contributed by atoms with Crippen LogP contribution in [0.25, 0.3) is 76.0 Å². The third-order valence-electron chi connectivity index (χ3n) is 14.4. The van der Waals surface area contributed by atoms with E-state index in [4.69, 9.17) is 9.97 Å². The first-order valence-corrected chi connectivity index (χ1v) is 26.9. The molecule has 1 aliphatic rings. The van der Waals surface area contributed by atoms with Gasteiger partial charge in [0, 0.05) is 47.2 Å². The number of halogens is 6. The standard InChI is InChI=1S/C61H60F6N2S2/c1-5-7-9-11-13-15-35-59(36-16-14-12-10-8-6-2)50-37-39(3)17-28-46(50)47-29-23-43(38-51(47)59)52-33-34-54(71-52)49-31-30-48(53-32-18-40(4)70-53)57-58(49)69-56(42-21-26-45(27-22-42)61(65,66)67)55(68-57)41-19-24-44(25-20-41)60(62,63)64/h17-34,37-38H,5-16,35-36H2,1-4H3. The van der Waals surface area contributed by atoms with Gasteiger partial charge in [-0.05, 0) is 109 Å². The molecule has 0 N–H and O–H groups in total. The van der Waals surface area contributed by atoms with Crippen LogP contribution in [-0.2, 0) is 17.8 Å². The van der Waals surface area contributed by atoms with E-state index in [1.54, 1.807) is 22.7 Å². The van der Waals surface area contributed by atoms with Crippen molar-refractivity contribution in [3.8, 4) is 65.0 Å². The van der Waals surface area contributed by atoms with Gasteiger partial charge >= 0.3 is 12.4 Å². The van der Waals surface area contributed by atoms with Crippen LogP contribution in [0.5, 0.6) is 0 Å². The highest BCUT2D eigenvalue weighted by molar-refractivity contribution is 7.19. The molecular weight excluding hydrogens is 939 g/mol. The number of aryl methyl sites for hydroxylation is 2. The van der Waals surface area contributed by atoms with E-state index in [9.17, 15) is 26.3 Å². The number of alkyl halides is 6. The molecule has 0 fully saturated rings. The molecular formula is C61H60F6N2S2. The number of fused-ring (bicyclic) bond motifs is 4. The maximum absolute atomic E-state index is 13.8. The molecule has 1 aliphatic carbocycles. The second kappa shape index (κ2) is 21.3. The summed E-state index contributed by atoms with van der Waals surface area (Å²) in [5.41, 5.74) is 10.3. The van der Waals surface area contributed by atoms with Gasteiger partial charge in [-0.2, -0.15) is 26.3 Å². The molecule has 368 valence electrons. The third kappa shape index (κ3) is 10.7. The van der Waals surface area contributed by atoms with Crippen LogP contribution in [0.1, 0.15) is 136 Å². The van der Waals surface area contributed by atoms with Crippen molar-refractivity contribution in [2.24, 2.45) is 0 Å². The number of unbranched alkanes of at least 4 members (excludes halogenated alkanes) is 10. The Bertz CT molecular complexity index is 3110. The first-order chi connectivity index (χ1) is 34.2. The quantitative estimate of drug-likeness (QED) is 0.0596. The minimum Gasteiger partial charge on any atom is -0.243 e. The van der Waals surface area contributed by atoms with Crippen LogP contribution in [0.15, 0.2) is 121 Å². The van der Waals surface area contributed by atoms with E-state index in [0.29, 0.717) is 22.2 Å². The van der Waals surface area contributed by atoms with Gasteiger partial charge in [-0.1, -0.05) is 163 Å². The molecule has 0 radical (unpaired) electrons. The highest BCUT2D eigenvalue weighted by Gasteiger charge is 2.42. The van der Waals surface area contributed by atoms with Crippen LogP contribution in [0.2, 0.25) is 0 Å². The summed E-state index contributed by atoms with van der Waals surface area (Å²) < 4.78 is 82.9. The molecule has 0 aliphatic heterocycles. The summed E-state index contributed by atoms with van der Waals surface area (Å²) in [6, 6.07) is 35.9. The van der Waals surface area contributed by atoms with Gasteiger partial charge in [0.2, 0.25) is 0 Å². The van der Waals surface area contributed by atoms with Gasteiger partial charge in [0.25, 0.3) is 0 Å². The molecule has 3 aromatic heterocycles. The lowest BCUT2D eigenvalue weighted by atomic mass is 9.70.